The third kappa shape index (κ3) is 2.08. The number of hydrogen-bond acceptors (Lipinski definition) is 3. The van der Waals surface area contributed by atoms with Crippen LogP contribution in [0.4, 0.5) is 4.79 Å². The van der Waals surface area contributed by atoms with E-state index in [-0.39, 0.29) is 19.0 Å². The Kier molecular flexibility index (Phi) is 2.70. The Morgan fingerprint density at radius 2 is 2.00 bits per heavy atom. The Hall–Kier alpha value is -1.59. The molecule has 1 aliphatic rings. The minimum absolute atomic E-state index is 0.0224. The van der Waals surface area contributed by atoms with E-state index in [4.69, 9.17) is 5.11 Å². The highest BCUT2D eigenvalue weighted by atomic mass is 16.4. The van der Waals surface area contributed by atoms with Gasteiger partial charge in [-0.3, -0.25) is 14.5 Å². The van der Waals surface area contributed by atoms with Crippen LogP contribution in [0.25, 0.3) is 0 Å². The van der Waals surface area contributed by atoms with Crippen molar-refractivity contribution in [3.05, 3.63) is 0 Å². The predicted octanol–water partition coefficient (Wildman–Crippen LogP) is -0.00880. The number of carboxylic acid groups (broad SMARTS) is 1. The zero-order valence-electron chi connectivity index (χ0n) is 8.98. The lowest BCUT2D eigenvalue weighted by atomic mass is 9.93. The summed E-state index contributed by atoms with van der Waals surface area (Å²) in [6.07, 6.45) is 0. The number of likely N-dealkylation sites (N-methyl/N-ethyl adjacent to an activating group) is 1. The Balaban J connectivity index is 2.79. The van der Waals surface area contributed by atoms with Crippen LogP contribution in [0.15, 0.2) is 0 Å². The van der Waals surface area contributed by atoms with Crippen molar-refractivity contribution in [1.82, 2.24) is 9.80 Å². The number of rotatable bonds is 3. The van der Waals surface area contributed by atoms with Gasteiger partial charge in [-0.15, -0.1) is 0 Å². The summed E-state index contributed by atoms with van der Waals surface area (Å²) in [5.41, 5.74) is -1.11. The van der Waals surface area contributed by atoms with E-state index in [2.05, 4.69) is 0 Å². The van der Waals surface area contributed by atoms with Crippen LogP contribution in [-0.2, 0) is 9.59 Å². The molecule has 1 aliphatic heterocycles. The molecule has 1 saturated heterocycles. The molecule has 1 fully saturated rings. The minimum Gasteiger partial charge on any atom is -0.481 e. The molecule has 0 aliphatic carbocycles. The quantitative estimate of drug-likeness (QED) is 0.670. The van der Waals surface area contributed by atoms with Gasteiger partial charge in [0.15, 0.2) is 0 Å². The third-order valence-corrected chi connectivity index (χ3v) is 2.36. The first-order chi connectivity index (χ1) is 6.75. The van der Waals surface area contributed by atoms with Gasteiger partial charge in [-0.1, -0.05) is 0 Å². The lowest BCUT2D eigenvalue weighted by Gasteiger charge is -2.24. The smallest absolute Gasteiger partial charge is 0.326 e. The van der Waals surface area contributed by atoms with Crippen LogP contribution in [0, 0.1) is 5.41 Å². The first-order valence-electron chi connectivity index (χ1n) is 4.54. The van der Waals surface area contributed by atoms with E-state index < -0.39 is 17.4 Å². The van der Waals surface area contributed by atoms with Crippen LogP contribution in [0.1, 0.15) is 13.8 Å². The van der Waals surface area contributed by atoms with Gasteiger partial charge in [0.1, 0.15) is 6.54 Å². The van der Waals surface area contributed by atoms with Crippen molar-refractivity contribution >= 4 is 17.9 Å². The van der Waals surface area contributed by atoms with Gasteiger partial charge in [-0.2, -0.15) is 0 Å². The number of aliphatic carboxylic acids is 1. The molecule has 0 aromatic heterocycles. The Morgan fingerprint density at radius 3 is 2.33 bits per heavy atom. The lowest BCUT2D eigenvalue weighted by molar-refractivity contribution is -0.148. The van der Waals surface area contributed by atoms with E-state index in [0.29, 0.717) is 0 Å². The number of carbonyl (C=O) groups is 3. The Morgan fingerprint density at radius 1 is 1.47 bits per heavy atom. The molecule has 0 aromatic rings. The molecule has 0 bridgehead atoms. The fraction of sp³-hybridized carbons (Fsp3) is 0.667. The maximum Gasteiger partial charge on any atom is 0.326 e. The summed E-state index contributed by atoms with van der Waals surface area (Å²) in [6, 6.07) is -0.436. The van der Waals surface area contributed by atoms with Gasteiger partial charge in [0.05, 0.1) is 5.41 Å². The number of carboxylic acids is 1. The third-order valence-electron chi connectivity index (χ3n) is 2.36. The van der Waals surface area contributed by atoms with Crippen molar-refractivity contribution in [3.8, 4) is 0 Å². The number of amides is 3. The molecule has 15 heavy (non-hydrogen) atoms. The van der Waals surface area contributed by atoms with Crippen molar-refractivity contribution in [2.75, 3.05) is 20.1 Å². The normalized spacial score (nSPS) is 17.5. The molecule has 1 N–H and O–H groups in total. The topological polar surface area (TPSA) is 77.9 Å². The van der Waals surface area contributed by atoms with E-state index in [9.17, 15) is 14.4 Å². The lowest BCUT2D eigenvalue weighted by Crippen LogP contribution is -2.42. The molecule has 3 amide bonds. The summed E-state index contributed by atoms with van der Waals surface area (Å²) < 4.78 is 0. The Labute approximate surface area is 87.5 Å². The van der Waals surface area contributed by atoms with Crippen LogP contribution in [-0.4, -0.2) is 53.0 Å². The molecule has 84 valence electrons. The first-order valence-corrected chi connectivity index (χ1v) is 4.54. The summed E-state index contributed by atoms with van der Waals surface area (Å²) in [7, 11) is 1.51. The number of urea groups is 1. The fourth-order valence-corrected chi connectivity index (χ4v) is 1.29. The standard InChI is InChI=1S/C9H14N2O4/c1-9(2,7(13)14)5-11-6(12)4-10(3)8(11)15/h4-5H2,1-3H3,(H,13,14). The zero-order valence-corrected chi connectivity index (χ0v) is 8.98. The van der Waals surface area contributed by atoms with Gasteiger partial charge in [0.2, 0.25) is 5.91 Å². The van der Waals surface area contributed by atoms with Crippen molar-refractivity contribution in [1.29, 1.82) is 0 Å². The van der Waals surface area contributed by atoms with E-state index in [1.807, 2.05) is 0 Å². The Bertz CT molecular complexity index is 324. The van der Waals surface area contributed by atoms with Crippen LogP contribution in [0.5, 0.6) is 0 Å². The van der Waals surface area contributed by atoms with E-state index >= 15 is 0 Å². The number of imide groups is 1. The maximum atomic E-state index is 11.5. The molecule has 0 spiro atoms. The van der Waals surface area contributed by atoms with Crippen molar-refractivity contribution < 1.29 is 19.5 Å². The highest BCUT2D eigenvalue weighted by Gasteiger charge is 2.39. The molecule has 0 atom stereocenters. The van der Waals surface area contributed by atoms with Gasteiger partial charge in [0.25, 0.3) is 0 Å². The molecular weight excluding hydrogens is 200 g/mol. The van der Waals surface area contributed by atoms with Crippen LogP contribution in [0.2, 0.25) is 0 Å². The summed E-state index contributed by atoms with van der Waals surface area (Å²) in [5.74, 6) is -1.38. The van der Waals surface area contributed by atoms with Crippen LogP contribution < -0.4 is 0 Å². The van der Waals surface area contributed by atoms with Gasteiger partial charge >= 0.3 is 12.0 Å². The van der Waals surface area contributed by atoms with E-state index in [1.165, 1.54) is 25.8 Å². The first kappa shape index (κ1) is 11.5. The molecule has 0 saturated carbocycles. The van der Waals surface area contributed by atoms with Crippen molar-refractivity contribution in [3.63, 3.8) is 0 Å². The van der Waals surface area contributed by atoms with Crippen molar-refractivity contribution in [2.24, 2.45) is 5.41 Å². The fourth-order valence-electron chi connectivity index (χ4n) is 1.29. The highest BCUT2D eigenvalue weighted by molar-refractivity contribution is 6.02. The summed E-state index contributed by atoms with van der Waals surface area (Å²) in [5, 5.41) is 8.88. The predicted molar refractivity (Wildman–Crippen MR) is 51.2 cm³/mol. The van der Waals surface area contributed by atoms with Gasteiger partial charge < -0.3 is 10.0 Å². The number of nitrogens with zero attached hydrogens (tertiary/aromatic N) is 2. The molecule has 6 nitrogen and oxygen atoms in total. The summed E-state index contributed by atoms with van der Waals surface area (Å²) >= 11 is 0. The number of hydrogen-bond donors (Lipinski definition) is 1. The molecule has 1 heterocycles. The van der Waals surface area contributed by atoms with E-state index in [1.54, 1.807) is 0 Å². The molecule has 0 aromatic carbocycles. The van der Waals surface area contributed by atoms with Gasteiger partial charge in [-0.05, 0) is 13.8 Å². The van der Waals surface area contributed by atoms with Crippen LogP contribution in [0.3, 0.4) is 0 Å². The summed E-state index contributed by atoms with van der Waals surface area (Å²) in [4.78, 5) is 35.9. The van der Waals surface area contributed by atoms with E-state index in [0.717, 1.165) is 4.90 Å². The highest BCUT2D eigenvalue weighted by Crippen LogP contribution is 2.20. The number of carbonyl (C=O) groups excluding carboxylic acids is 2. The molecule has 0 radical (unpaired) electrons. The van der Waals surface area contributed by atoms with Crippen molar-refractivity contribution in [2.45, 2.75) is 13.8 Å². The summed E-state index contributed by atoms with van der Waals surface area (Å²) in [6.45, 7) is 2.89. The maximum absolute atomic E-state index is 11.5. The van der Waals surface area contributed by atoms with Gasteiger partial charge in [0, 0.05) is 13.6 Å². The second-order valence-electron chi connectivity index (χ2n) is 4.31. The van der Waals surface area contributed by atoms with Crippen LogP contribution >= 0.6 is 0 Å². The average molecular weight is 214 g/mol. The molecule has 1 rings (SSSR count). The molecular formula is C9H14N2O4. The zero-order chi connectivity index (χ0) is 11.8. The molecule has 6 heteroatoms. The monoisotopic (exact) mass is 214 g/mol. The van der Waals surface area contributed by atoms with Gasteiger partial charge in [-0.25, -0.2) is 4.79 Å². The largest absolute Gasteiger partial charge is 0.481 e. The molecule has 0 unspecified atom stereocenters. The SMILES string of the molecule is CN1CC(=O)N(CC(C)(C)C(=O)O)C1=O. The second kappa shape index (κ2) is 3.52. The average Bonchev–Trinajstić information content (AvgIpc) is 2.32. The second-order valence-corrected chi connectivity index (χ2v) is 4.31. The minimum atomic E-state index is -1.11.